The smallest absolute Gasteiger partial charge is 0.136 e. The molecule has 0 N–H and O–H groups in total. The lowest BCUT2D eigenvalue weighted by Crippen LogP contribution is -1.99. The zero-order valence-corrected chi connectivity index (χ0v) is 17.3. The lowest BCUT2D eigenvalue weighted by Gasteiger charge is -2.22. The molecule has 2 heteroatoms. The van der Waals surface area contributed by atoms with Crippen LogP contribution in [0.4, 0.5) is 0 Å². The second kappa shape index (κ2) is 5.76. The summed E-state index contributed by atoms with van der Waals surface area (Å²) < 4.78 is 12.9. The van der Waals surface area contributed by atoms with Crippen molar-refractivity contribution >= 4 is 43.9 Å². The van der Waals surface area contributed by atoms with E-state index in [1.807, 2.05) is 0 Å². The summed E-state index contributed by atoms with van der Waals surface area (Å²) >= 11 is 0. The van der Waals surface area contributed by atoms with Gasteiger partial charge in [-0.3, -0.25) is 0 Å². The molecule has 4 aromatic rings. The third kappa shape index (κ3) is 2.12. The fourth-order valence-corrected chi connectivity index (χ4v) is 5.06. The summed E-state index contributed by atoms with van der Waals surface area (Å²) in [5.74, 6) is 0.955. The first kappa shape index (κ1) is 16.9. The van der Waals surface area contributed by atoms with Crippen LogP contribution in [-0.2, 0) is 0 Å². The molecule has 0 saturated carbocycles. The van der Waals surface area contributed by atoms with Crippen LogP contribution in [0.25, 0.3) is 55.0 Å². The van der Waals surface area contributed by atoms with Crippen molar-refractivity contribution in [1.29, 1.82) is 0 Å². The average Bonchev–Trinajstić information content (AvgIpc) is 2.74. The predicted molar refractivity (Wildman–Crippen MR) is 122 cm³/mol. The van der Waals surface area contributed by atoms with E-state index in [2.05, 4.69) is 76.2 Å². The quantitative estimate of drug-likeness (QED) is 0.227. The van der Waals surface area contributed by atoms with Crippen LogP contribution in [-0.4, -0.2) is 0 Å². The summed E-state index contributed by atoms with van der Waals surface area (Å²) in [7, 11) is 0. The minimum atomic E-state index is 0.452. The molecule has 0 radical (unpaired) electrons. The minimum Gasteiger partial charge on any atom is -0.456 e. The monoisotopic (exact) mass is 380 g/mol. The summed E-state index contributed by atoms with van der Waals surface area (Å²) in [6, 6.07) is 17.4. The van der Waals surface area contributed by atoms with E-state index in [0.717, 1.165) is 28.8 Å². The molecule has 2 aliphatic heterocycles. The Hall–Kier alpha value is -3.00. The SMILES string of the molecule is CCC(C)c1ccc2oc3ccc4c(C(C)C)ccc5oc6ccc1c2c6-c3c54. The van der Waals surface area contributed by atoms with Gasteiger partial charge in [0.1, 0.15) is 22.3 Å². The highest BCUT2D eigenvalue weighted by molar-refractivity contribution is 6.24. The molecule has 0 aromatic heterocycles. The second-order valence-corrected chi connectivity index (χ2v) is 8.70. The van der Waals surface area contributed by atoms with Gasteiger partial charge in [0.15, 0.2) is 0 Å². The zero-order chi connectivity index (χ0) is 19.9. The van der Waals surface area contributed by atoms with Crippen molar-refractivity contribution in [3.63, 3.8) is 0 Å². The van der Waals surface area contributed by atoms with Gasteiger partial charge in [0.2, 0.25) is 0 Å². The lowest BCUT2D eigenvalue weighted by atomic mass is 9.85. The Bertz CT molecular complexity index is 1480. The fraction of sp³-hybridized carbons (Fsp3) is 0.259. The molecule has 0 bridgehead atoms. The third-order valence-corrected chi connectivity index (χ3v) is 6.73. The van der Waals surface area contributed by atoms with E-state index in [1.165, 1.54) is 43.8 Å². The largest absolute Gasteiger partial charge is 0.456 e. The van der Waals surface area contributed by atoms with Gasteiger partial charge in [-0.05, 0) is 64.4 Å². The second-order valence-electron chi connectivity index (χ2n) is 8.70. The zero-order valence-electron chi connectivity index (χ0n) is 17.3. The molecule has 0 aliphatic carbocycles. The normalized spacial score (nSPS) is 13.8. The first-order valence-corrected chi connectivity index (χ1v) is 10.6. The van der Waals surface area contributed by atoms with E-state index in [0.29, 0.717) is 11.8 Å². The average molecular weight is 380 g/mol. The maximum absolute atomic E-state index is 6.45. The van der Waals surface area contributed by atoms with Crippen LogP contribution in [0.2, 0.25) is 0 Å². The molecule has 1 atom stereocenters. The summed E-state index contributed by atoms with van der Waals surface area (Å²) in [5, 5.41) is 4.93. The Balaban J connectivity index is 1.87. The fourth-order valence-electron chi connectivity index (χ4n) is 5.06. The Morgan fingerprint density at radius 1 is 0.621 bits per heavy atom. The highest BCUT2D eigenvalue weighted by Crippen LogP contribution is 2.49. The molecule has 1 unspecified atom stereocenters. The number of hydrogen-bond donors (Lipinski definition) is 0. The highest BCUT2D eigenvalue weighted by atomic mass is 16.3. The van der Waals surface area contributed by atoms with Gasteiger partial charge >= 0.3 is 0 Å². The predicted octanol–water partition coefficient (Wildman–Crippen LogP) is 8.66. The van der Waals surface area contributed by atoms with Gasteiger partial charge in [-0.1, -0.05) is 52.0 Å². The Morgan fingerprint density at radius 3 is 1.62 bits per heavy atom. The van der Waals surface area contributed by atoms with Crippen molar-refractivity contribution in [3.05, 3.63) is 59.7 Å². The maximum Gasteiger partial charge on any atom is 0.136 e. The molecule has 4 aromatic carbocycles. The Labute approximate surface area is 169 Å². The van der Waals surface area contributed by atoms with E-state index in [1.54, 1.807) is 0 Å². The van der Waals surface area contributed by atoms with E-state index < -0.39 is 0 Å². The molecule has 144 valence electrons. The molecule has 2 heterocycles. The van der Waals surface area contributed by atoms with Crippen LogP contribution in [0, 0.1) is 0 Å². The van der Waals surface area contributed by atoms with Crippen molar-refractivity contribution in [2.75, 3.05) is 0 Å². The molecule has 0 spiro atoms. The first-order chi connectivity index (χ1) is 14.1. The van der Waals surface area contributed by atoms with Gasteiger partial charge in [0, 0.05) is 21.9 Å². The molecule has 6 rings (SSSR count). The Kier molecular flexibility index (Phi) is 3.36. The molecular weight excluding hydrogens is 356 g/mol. The highest BCUT2D eigenvalue weighted by Gasteiger charge is 2.26. The number of hydrogen-bond acceptors (Lipinski definition) is 2. The molecule has 29 heavy (non-hydrogen) atoms. The van der Waals surface area contributed by atoms with E-state index in [-0.39, 0.29) is 0 Å². The summed E-state index contributed by atoms with van der Waals surface area (Å²) in [6.07, 6.45) is 1.12. The van der Waals surface area contributed by atoms with Crippen LogP contribution >= 0.6 is 0 Å². The van der Waals surface area contributed by atoms with Crippen LogP contribution < -0.4 is 0 Å². The molecule has 0 amide bonds. The van der Waals surface area contributed by atoms with Crippen molar-refractivity contribution in [1.82, 2.24) is 0 Å². The Morgan fingerprint density at radius 2 is 1.10 bits per heavy atom. The molecular formula is C27H24O2. The summed E-state index contributed by atoms with van der Waals surface area (Å²) in [6.45, 7) is 9.04. The van der Waals surface area contributed by atoms with Gasteiger partial charge in [0.05, 0.1) is 0 Å². The first-order valence-electron chi connectivity index (χ1n) is 10.6. The van der Waals surface area contributed by atoms with Crippen molar-refractivity contribution in [2.45, 2.75) is 46.0 Å². The van der Waals surface area contributed by atoms with Crippen molar-refractivity contribution < 1.29 is 8.83 Å². The van der Waals surface area contributed by atoms with Gasteiger partial charge in [-0.15, -0.1) is 0 Å². The molecule has 2 aliphatic rings. The van der Waals surface area contributed by atoms with Crippen molar-refractivity contribution in [3.8, 4) is 11.1 Å². The minimum absolute atomic E-state index is 0.452. The van der Waals surface area contributed by atoms with Gasteiger partial charge < -0.3 is 8.83 Å². The van der Waals surface area contributed by atoms with Crippen molar-refractivity contribution in [2.24, 2.45) is 0 Å². The van der Waals surface area contributed by atoms with Crippen LogP contribution in [0.3, 0.4) is 0 Å². The van der Waals surface area contributed by atoms with E-state index in [9.17, 15) is 0 Å². The standard InChI is InChI=1S/C27H24O2/c1-5-15(4)17-7-11-21-25-19(17)9-13-23-27(25)26-22(29-21)12-8-18-16(14(2)3)6-10-20(28-23)24(18)26/h6-15H,5H2,1-4H3. The van der Waals surface area contributed by atoms with Crippen LogP contribution in [0.5, 0.6) is 0 Å². The summed E-state index contributed by atoms with van der Waals surface area (Å²) in [5.41, 5.74) is 8.85. The van der Waals surface area contributed by atoms with Gasteiger partial charge in [-0.2, -0.15) is 0 Å². The molecule has 0 fully saturated rings. The topological polar surface area (TPSA) is 26.3 Å². The lowest BCUT2D eigenvalue weighted by molar-refractivity contribution is 0.645. The number of rotatable bonds is 3. The number of benzene rings is 4. The van der Waals surface area contributed by atoms with Crippen LogP contribution in [0.1, 0.15) is 57.1 Å². The summed E-state index contributed by atoms with van der Waals surface area (Å²) in [4.78, 5) is 0. The van der Waals surface area contributed by atoms with E-state index in [4.69, 9.17) is 8.83 Å². The third-order valence-electron chi connectivity index (χ3n) is 6.73. The molecule has 2 nitrogen and oxygen atoms in total. The van der Waals surface area contributed by atoms with E-state index >= 15 is 0 Å². The maximum atomic E-state index is 6.45. The van der Waals surface area contributed by atoms with Gasteiger partial charge in [0.25, 0.3) is 0 Å². The molecule has 0 saturated heterocycles. The van der Waals surface area contributed by atoms with Crippen LogP contribution in [0.15, 0.2) is 57.4 Å². The van der Waals surface area contributed by atoms with Gasteiger partial charge in [-0.25, -0.2) is 0 Å².